The molecule has 8 heteroatoms. The number of hydrogen-bond donors (Lipinski definition) is 2. The molecule has 152 valence electrons. The minimum absolute atomic E-state index is 0.301. The lowest BCUT2D eigenvalue weighted by molar-refractivity contribution is 0.237. The van der Waals surface area contributed by atoms with Gasteiger partial charge in [-0.1, -0.05) is 41.9 Å². The molecule has 0 fully saturated rings. The van der Waals surface area contributed by atoms with Crippen LogP contribution in [0.15, 0.2) is 79.4 Å². The molecule has 2 N–H and O–H groups in total. The first-order valence-electron chi connectivity index (χ1n) is 9.46. The number of halogens is 1. The average Bonchev–Trinajstić information content (AvgIpc) is 3.41. The van der Waals surface area contributed by atoms with Gasteiger partial charge in [-0.3, -0.25) is 0 Å². The van der Waals surface area contributed by atoms with Crippen molar-refractivity contribution in [1.82, 2.24) is 30.0 Å². The van der Waals surface area contributed by atoms with Crippen LogP contribution in [0.2, 0.25) is 5.02 Å². The van der Waals surface area contributed by atoms with E-state index in [2.05, 4.69) is 20.7 Å². The van der Waals surface area contributed by atoms with E-state index in [9.17, 15) is 4.79 Å². The van der Waals surface area contributed by atoms with Crippen LogP contribution in [-0.4, -0.2) is 25.4 Å². The molecular weight excluding hydrogens is 400 g/mol. The van der Waals surface area contributed by atoms with Crippen molar-refractivity contribution in [3.05, 3.63) is 101 Å². The highest BCUT2D eigenvalue weighted by atomic mass is 35.5. The van der Waals surface area contributed by atoms with E-state index < -0.39 is 6.04 Å². The fraction of sp³-hybridized carbons (Fsp3) is 0.136. The standard InChI is InChI=1S/C22H21ClN6O/c1-28-12-11-24-21(28)20(17-7-9-18(23)10-8-17)27-22(30)25-13-16-14-26-29(15-16)19-5-3-2-4-6-19/h2-12,14-15,20H,13H2,1H3,(H2,25,27,30)/t20-/m1/s1. The summed E-state index contributed by atoms with van der Waals surface area (Å²) in [5, 5.41) is 10.9. The first kappa shape index (κ1) is 19.7. The van der Waals surface area contributed by atoms with Crippen molar-refractivity contribution >= 4 is 17.6 Å². The third-order valence-electron chi connectivity index (χ3n) is 4.71. The van der Waals surface area contributed by atoms with Gasteiger partial charge in [-0.2, -0.15) is 5.10 Å². The van der Waals surface area contributed by atoms with Crippen LogP contribution in [-0.2, 0) is 13.6 Å². The van der Waals surface area contributed by atoms with Crippen molar-refractivity contribution in [3.63, 3.8) is 0 Å². The van der Waals surface area contributed by atoms with Crippen LogP contribution in [0, 0.1) is 0 Å². The Bertz CT molecular complexity index is 1120. The lowest BCUT2D eigenvalue weighted by Crippen LogP contribution is -2.38. The smallest absolute Gasteiger partial charge is 0.315 e. The zero-order valence-corrected chi connectivity index (χ0v) is 17.1. The summed E-state index contributed by atoms with van der Waals surface area (Å²) in [4.78, 5) is 17.0. The summed E-state index contributed by atoms with van der Waals surface area (Å²) < 4.78 is 3.66. The molecule has 2 amide bonds. The van der Waals surface area contributed by atoms with Crippen molar-refractivity contribution in [2.75, 3.05) is 0 Å². The third kappa shape index (κ3) is 4.52. The molecule has 2 aromatic carbocycles. The summed E-state index contributed by atoms with van der Waals surface area (Å²) in [7, 11) is 1.89. The highest BCUT2D eigenvalue weighted by molar-refractivity contribution is 6.30. The van der Waals surface area contributed by atoms with E-state index in [-0.39, 0.29) is 6.03 Å². The molecule has 0 aliphatic carbocycles. The van der Waals surface area contributed by atoms with E-state index in [4.69, 9.17) is 11.6 Å². The number of aromatic nitrogens is 4. The van der Waals surface area contributed by atoms with Gasteiger partial charge in [0.1, 0.15) is 11.9 Å². The van der Waals surface area contributed by atoms with Gasteiger partial charge in [-0.25, -0.2) is 14.5 Å². The molecule has 2 heterocycles. The monoisotopic (exact) mass is 420 g/mol. The van der Waals surface area contributed by atoms with Gasteiger partial charge in [0.05, 0.1) is 11.9 Å². The molecule has 0 aliphatic rings. The molecule has 7 nitrogen and oxygen atoms in total. The van der Waals surface area contributed by atoms with E-state index in [0.29, 0.717) is 11.6 Å². The number of rotatable bonds is 6. The molecule has 0 spiro atoms. The highest BCUT2D eigenvalue weighted by Crippen LogP contribution is 2.22. The van der Waals surface area contributed by atoms with Crippen molar-refractivity contribution in [2.24, 2.45) is 7.05 Å². The average molecular weight is 421 g/mol. The van der Waals surface area contributed by atoms with Crippen molar-refractivity contribution < 1.29 is 4.79 Å². The Labute approximate surface area is 179 Å². The number of amides is 2. The predicted octanol–water partition coefficient (Wildman–Crippen LogP) is 3.85. The molecule has 30 heavy (non-hydrogen) atoms. The van der Waals surface area contributed by atoms with Crippen LogP contribution in [0.1, 0.15) is 23.0 Å². The number of hydrogen-bond acceptors (Lipinski definition) is 3. The number of urea groups is 1. The first-order chi connectivity index (χ1) is 14.6. The number of benzene rings is 2. The number of carbonyl (C=O) groups excluding carboxylic acids is 1. The number of nitrogens with zero attached hydrogens (tertiary/aromatic N) is 4. The van der Waals surface area contributed by atoms with E-state index in [0.717, 1.165) is 22.6 Å². The molecule has 4 aromatic rings. The Kier molecular flexibility index (Phi) is 5.81. The highest BCUT2D eigenvalue weighted by Gasteiger charge is 2.20. The van der Waals surface area contributed by atoms with E-state index >= 15 is 0 Å². The van der Waals surface area contributed by atoms with Gasteiger partial charge in [-0.05, 0) is 29.8 Å². The van der Waals surface area contributed by atoms with Crippen LogP contribution in [0.25, 0.3) is 5.69 Å². The number of carbonyl (C=O) groups is 1. The number of nitrogens with one attached hydrogen (secondary N) is 2. The molecule has 0 saturated heterocycles. The van der Waals surface area contributed by atoms with Crippen LogP contribution >= 0.6 is 11.6 Å². The zero-order valence-electron chi connectivity index (χ0n) is 16.4. The van der Waals surface area contributed by atoms with Gasteiger partial charge in [0.25, 0.3) is 0 Å². The summed E-state index contributed by atoms with van der Waals surface area (Å²) >= 11 is 6.01. The maximum Gasteiger partial charge on any atom is 0.315 e. The molecule has 0 radical (unpaired) electrons. The van der Waals surface area contributed by atoms with Crippen LogP contribution in [0.5, 0.6) is 0 Å². The SMILES string of the molecule is Cn1ccnc1[C@H](NC(=O)NCc1cnn(-c2ccccc2)c1)c1ccc(Cl)cc1. The summed E-state index contributed by atoms with van der Waals surface area (Å²) in [6.07, 6.45) is 7.18. The predicted molar refractivity (Wildman–Crippen MR) is 115 cm³/mol. The van der Waals surface area contributed by atoms with Crippen molar-refractivity contribution in [3.8, 4) is 5.69 Å². The lowest BCUT2D eigenvalue weighted by Gasteiger charge is -2.19. The van der Waals surface area contributed by atoms with Gasteiger partial charge in [0.15, 0.2) is 0 Å². The number of aryl methyl sites for hydroxylation is 1. The third-order valence-corrected chi connectivity index (χ3v) is 4.96. The van der Waals surface area contributed by atoms with Gasteiger partial charge >= 0.3 is 6.03 Å². The maximum atomic E-state index is 12.6. The maximum absolute atomic E-state index is 12.6. The fourth-order valence-corrected chi connectivity index (χ4v) is 3.27. The fourth-order valence-electron chi connectivity index (χ4n) is 3.15. The molecular formula is C22H21ClN6O. The largest absolute Gasteiger partial charge is 0.336 e. The molecule has 0 unspecified atom stereocenters. The molecule has 0 bridgehead atoms. The van der Waals surface area contributed by atoms with Crippen LogP contribution < -0.4 is 10.6 Å². The zero-order chi connectivity index (χ0) is 20.9. The number of imidazole rings is 1. The van der Waals surface area contributed by atoms with Crippen molar-refractivity contribution in [2.45, 2.75) is 12.6 Å². The second-order valence-electron chi connectivity index (χ2n) is 6.84. The van der Waals surface area contributed by atoms with Gasteiger partial charge < -0.3 is 15.2 Å². The quantitative estimate of drug-likeness (QED) is 0.497. The molecule has 0 saturated carbocycles. The Morgan fingerprint density at radius 1 is 1.13 bits per heavy atom. The summed E-state index contributed by atoms with van der Waals surface area (Å²) in [5.74, 6) is 0.726. The molecule has 2 aromatic heterocycles. The summed E-state index contributed by atoms with van der Waals surface area (Å²) in [6, 6.07) is 16.5. The van der Waals surface area contributed by atoms with E-state index in [1.807, 2.05) is 66.5 Å². The Balaban J connectivity index is 1.44. The minimum Gasteiger partial charge on any atom is -0.336 e. The second kappa shape index (κ2) is 8.84. The van der Waals surface area contributed by atoms with Crippen LogP contribution in [0.3, 0.4) is 0 Å². The minimum atomic E-state index is -0.408. The van der Waals surface area contributed by atoms with Crippen molar-refractivity contribution in [1.29, 1.82) is 0 Å². The summed E-state index contributed by atoms with van der Waals surface area (Å²) in [6.45, 7) is 0.354. The van der Waals surface area contributed by atoms with Gasteiger partial charge in [-0.15, -0.1) is 0 Å². The van der Waals surface area contributed by atoms with Crippen LogP contribution in [0.4, 0.5) is 4.79 Å². The molecule has 0 aliphatic heterocycles. The normalized spacial score (nSPS) is 11.8. The Morgan fingerprint density at radius 3 is 2.60 bits per heavy atom. The van der Waals surface area contributed by atoms with Gasteiger partial charge in [0.2, 0.25) is 0 Å². The topological polar surface area (TPSA) is 76.8 Å². The number of para-hydroxylation sites is 1. The van der Waals surface area contributed by atoms with Gasteiger partial charge in [0, 0.05) is 42.8 Å². The molecule has 4 rings (SSSR count). The molecule has 1 atom stereocenters. The lowest BCUT2D eigenvalue weighted by atomic mass is 10.1. The van der Waals surface area contributed by atoms with E-state index in [1.54, 1.807) is 29.2 Å². The summed E-state index contributed by atoms with van der Waals surface area (Å²) in [5.41, 5.74) is 2.75. The Morgan fingerprint density at radius 2 is 1.90 bits per heavy atom. The first-order valence-corrected chi connectivity index (χ1v) is 9.84. The second-order valence-corrected chi connectivity index (χ2v) is 7.27. The van der Waals surface area contributed by atoms with E-state index in [1.165, 1.54) is 0 Å². The Hall–Kier alpha value is -3.58.